The number of hydrogen-bond acceptors (Lipinski definition) is 4. The zero-order valence-electron chi connectivity index (χ0n) is 11.5. The number of halogens is 1. The largest absolute Gasteiger partial charge is 0.462 e. The fraction of sp³-hybridized carbons (Fsp3) is 0.214. The van der Waals surface area contributed by atoms with Gasteiger partial charge in [-0.2, -0.15) is 0 Å². The summed E-state index contributed by atoms with van der Waals surface area (Å²) >= 11 is 6.02. The zero-order chi connectivity index (χ0) is 15.6. The Hall–Kier alpha value is -2.34. The number of aromatic amines is 1. The van der Waals surface area contributed by atoms with Gasteiger partial charge in [-0.15, -0.1) is 0 Å². The molecule has 0 atom stereocenters. The molecule has 2 aromatic rings. The Labute approximate surface area is 125 Å². The van der Waals surface area contributed by atoms with Gasteiger partial charge in [-0.25, -0.2) is 4.79 Å². The van der Waals surface area contributed by atoms with Crippen LogP contribution in [-0.2, 0) is 9.53 Å². The molecular weight excluding hydrogens is 296 g/mol. The number of ether oxygens (including phenoxy) is 1. The maximum absolute atomic E-state index is 12.3. The summed E-state index contributed by atoms with van der Waals surface area (Å²) < 4.78 is 4.82. The first-order valence-electron chi connectivity index (χ1n) is 6.23. The topological polar surface area (TPSA) is 88.3 Å². The minimum absolute atomic E-state index is 0.0968. The summed E-state index contributed by atoms with van der Waals surface area (Å²) in [7, 11) is 0. The first kappa shape index (κ1) is 15.1. The van der Waals surface area contributed by atoms with E-state index in [2.05, 4.69) is 10.3 Å². The van der Waals surface area contributed by atoms with E-state index in [1.807, 2.05) is 0 Å². The fourth-order valence-electron chi connectivity index (χ4n) is 1.89. The highest BCUT2D eigenvalue weighted by molar-refractivity contribution is 6.34. The van der Waals surface area contributed by atoms with Crippen molar-refractivity contribution >= 4 is 40.1 Å². The minimum Gasteiger partial charge on any atom is -0.462 e. The summed E-state index contributed by atoms with van der Waals surface area (Å²) in [6, 6.07) is 2.94. The standard InChI is InChI=1S/C14H13ClN2O4/c1-3-21-14(20)9-6-16-11-5-10(15)12(17-7(2)18)4-8(11)13(9)19/h4-6H,3H2,1-2H3,(H,16,19)(H,17,18). The van der Waals surface area contributed by atoms with Crippen LogP contribution in [0.3, 0.4) is 0 Å². The number of pyridine rings is 1. The lowest BCUT2D eigenvalue weighted by atomic mass is 10.1. The van der Waals surface area contributed by atoms with E-state index >= 15 is 0 Å². The quantitative estimate of drug-likeness (QED) is 0.852. The molecule has 7 heteroatoms. The van der Waals surface area contributed by atoms with Crippen LogP contribution >= 0.6 is 11.6 Å². The van der Waals surface area contributed by atoms with Crippen LogP contribution in [0, 0.1) is 0 Å². The smallest absolute Gasteiger partial charge is 0.343 e. The molecule has 21 heavy (non-hydrogen) atoms. The van der Waals surface area contributed by atoms with Gasteiger partial charge in [-0.3, -0.25) is 9.59 Å². The molecule has 1 amide bonds. The normalized spacial score (nSPS) is 10.4. The Kier molecular flexibility index (Phi) is 4.28. The number of anilines is 1. The summed E-state index contributed by atoms with van der Waals surface area (Å²) in [6.45, 7) is 3.16. The van der Waals surface area contributed by atoms with Crippen LogP contribution < -0.4 is 10.7 Å². The Morgan fingerprint density at radius 1 is 1.38 bits per heavy atom. The van der Waals surface area contributed by atoms with Gasteiger partial charge in [0.2, 0.25) is 11.3 Å². The van der Waals surface area contributed by atoms with Crippen molar-refractivity contribution in [2.45, 2.75) is 13.8 Å². The van der Waals surface area contributed by atoms with E-state index in [0.717, 1.165) is 0 Å². The third-order valence-corrected chi connectivity index (χ3v) is 3.09. The van der Waals surface area contributed by atoms with Crippen LogP contribution in [-0.4, -0.2) is 23.5 Å². The van der Waals surface area contributed by atoms with Gasteiger partial charge in [0.25, 0.3) is 0 Å². The molecule has 0 spiro atoms. The second-order valence-electron chi connectivity index (χ2n) is 4.31. The number of carbonyl (C=O) groups is 2. The van der Waals surface area contributed by atoms with E-state index in [9.17, 15) is 14.4 Å². The first-order valence-corrected chi connectivity index (χ1v) is 6.61. The fourth-order valence-corrected chi connectivity index (χ4v) is 2.10. The van der Waals surface area contributed by atoms with Crippen LogP contribution in [0.25, 0.3) is 10.9 Å². The summed E-state index contributed by atoms with van der Waals surface area (Å²) in [5, 5.41) is 3.06. The van der Waals surface area contributed by atoms with E-state index in [-0.39, 0.29) is 28.5 Å². The van der Waals surface area contributed by atoms with Crippen LogP contribution in [0.15, 0.2) is 23.1 Å². The Morgan fingerprint density at radius 2 is 2.10 bits per heavy atom. The van der Waals surface area contributed by atoms with E-state index in [1.165, 1.54) is 25.3 Å². The molecule has 110 valence electrons. The van der Waals surface area contributed by atoms with Crippen molar-refractivity contribution in [3.05, 3.63) is 39.1 Å². The van der Waals surface area contributed by atoms with Gasteiger partial charge in [-0.05, 0) is 19.1 Å². The number of benzene rings is 1. The molecule has 0 unspecified atom stereocenters. The molecule has 0 aliphatic heterocycles. The molecule has 1 aromatic carbocycles. The third-order valence-electron chi connectivity index (χ3n) is 2.77. The lowest BCUT2D eigenvalue weighted by Crippen LogP contribution is -2.18. The summed E-state index contributed by atoms with van der Waals surface area (Å²) in [5.74, 6) is -1.01. The third kappa shape index (κ3) is 3.05. The second-order valence-corrected chi connectivity index (χ2v) is 4.72. The highest BCUT2D eigenvalue weighted by Gasteiger charge is 2.15. The summed E-state index contributed by atoms with van der Waals surface area (Å²) in [6.07, 6.45) is 1.29. The number of fused-ring (bicyclic) bond motifs is 1. The van der Waals surface area contributed by atoms with Crippen LogP contribution in [0.5, 0.6) is 0 Å². The summed E-state index contributed by atoms with van der Waals surface area (Å²) in [5.41, 5.74) is 0.196. The van der Waals surface area contributed by atoms with Gasteiger partial charge < -0.3 is 15.0 Å². The van der Waals surface area contributed by atoms with E-state index in [4.69, 9.17) is 16.3 Å². The van der Waals surface area contributed by atoms with Crippen molar-refractivity contribution in [3.8, 4) is 0 Å². The molecular formula is C14H13ClN2O4. The van der Waals surface area contributed by atoms with Crippen LogP contribution in [0.2, 0.25) is 5.02 Å². The molecule has 0 bridgehead atoms. The van der Waals surface area contributed by atoms with Crippen LogP contribution in [0.1, 0.15) is 24.2 Å². The molecule has 0 radical (unpaired) electrons. The SMILES string of the molecule is CCOC(=O)c1c[nH]c2cc(Cl)c(NC(C)=O)cc2c1=O. The van der Waals surface area contributed by atoms with E-state index in [1.54, 1.807) is 6.92 Å². The first-order chi connectivity index (χ1) is 9.93. The highest BCUT2D eigenvalue weighted by atomic mass is 35.5. The molecule has 0 saturated heterocycles. The molecule has 0 saturated carbocycles. The van der Waals surface area contributed by atoms with Crippen molar-refractivity contribution < 1.29 is 14.3 Å². The van der Waals surface area contributed by atoms with Gasteiger partial charge in [0.05, 0.1) is 22.8 Å². The molecule has 0 aliphatic carbocycles. The van der Waals surface area contributed by atoms with Crippen LogP contribution in [0.4, 0.5) is 5.69 Å². The molecule has 0 fully saturated rings. The number of rotatable bonds is 3. The van der Waals surface area contributed by atoms with Gasteiger partial charge >= 0.3 is 5.97 Å². The molecule has 2 N–H and O–H groups in total. The van der Waals surface area contributed by atoms with Gasteiger partial charge in [0.15, 0.2) is 0 Å². The predicted octanol–water partition coefficient (Wildman–Crippen LogP) is 2.32. The number of nitrogens with one attached hydrogen (secondary N) is 2. The van der Waals surface area contributed by atoms with E-state index in [0.29, 0.717) is 11.2 Å². The average molecular weight is 309 g/mol. The van der Waals surface area contributed by atoms with Crippen molar-refractivity contribution in [2.75, 3.05) is 11.9 Å². The summed E-state index contributed by atoms with van der Waals surface area (Å²) in [4.78, 5) is 38.0. The monoisotopic (exact) mass is 308 g/mol. The lowest BCUT2D eigenvalue weighted by molar-refractivity contribution is -0.114. The number of amides is 1. The molecule has 6 nitrogen and oxygen atoms in total. The number of hydrogen-bond donors (Lipinski definition) is 2. The molecule has 1 heterocycles. The number of H-pyrrole nitrogens is 1. The average Bonchev–Trinajstić information content (AvgIpc) is 2.40. The predicted molar refractivity (Wildman–Crippen MR) is 79.8 cm³/mol. The number of esters is 1. The lowest BCUT2D eigenvalue weighted by Gasteiger charge is -2.08. The van der Waals surface area contributed by atoms with Crippen molar-refractivity contribution in [1.82, 2.24) is 4.98 Å². The molecule has 2 rings (SSSR count). The second kappa shape index (κ2) is 5.97. The Morgan fingerprint density at radius 3 is 2.71 bits per heavy atom. The number of aromatic nitrogens is 1. The van der Waals surface area contributed by atoms with Gasteiger partial charge in [0, 0.05) is 18.5 Å². The highest BCUT2D eigenvalue weighted by Crippen LogP contribution is 2.26. The van der Waals surface area contributed by atoms with Crippen molar-refractivity contribution in [1.29, 1.82) is 0 Å². The minimum atomic E-state index is -0.698. The van der Waals surface area contributed by atoms with Gasteiger partial charge in [0.1, 0.15) is 5.56 Å². The zero-order valence-corrected chi connectivity index (χ0v) is 12.2. The van der Waals surface area contributed by atoms with Crippen molar-refractivity contribution in [2.24, 2.45) is 0 Å². The molecule has 1 aromatic heterocycles. The maximum atomic E-state index is 12.3. The van der Waals surface area contributed by atoms with E-state index < -0.39 is 11.4 Å². The Bertz CT molecular complexity index is 782. The number of carbonyl (C=O) groups excluding carboxylic acids is 2. The van der Waals surface area contributed by atoms with Crippen molar-refractivity contribution in [3.63, 3.8) is 0 Å². The maximum Gasteiger partial charge on any atom is 0.343 e. The molecule has 0 aliphatic rings. The Balaban J connectivity index is 2.63. The van der Waals surface area contributed by atoms with Gasteiger partial charge in [-0.1, -0.05) is 11.6 Å².